The van der Waals surface area contributed by atoms with Crippen molar-refractivity contribution in [2.24, 2.45) is 0 Å². The predicted octanol–water partition coefficient (Wildman–Crippen LogP) is 4.95. The number of benzene rings is 1. The van der Waals surface area contributed by atoms with Gasteiger partial charge in [0.05, 0.1) is 5.69 Å². The third-order valence-corrected chi connectivity index (χ3v) is 4.77. The number of carbonyl (C=O) groups is 1. The molecule has 1 aromatic carbocycles. The number of ketones is 1. The van der Waals surface area contributed by atoms with E-state index in [1.807, 2.05) is 36.4 Å². The van der Waals surface area contributed by atoms with Crippen LogP contribution in [0.5, 0.6) is 0 Å². The Labute approximate surface area is 169 Å². The number of hydrogen-bond donors (Lipinski definition) is 0. The Morgan fingerprint density at radius 2 is 1.25 bits per heavy atom. The molecule has 0 N–H and O–H groups in total. The summed E-state index contributed by atoms with van der Waals surface area (Å²) >= 11 is 0. The first-order valence-electron chi connectivity index (χ1n) is 10.2. The lowest BCUT2D eigenvalue weighted by Crippen LogP contribution is -2.42. The number of hydrogen-bond acceptors (Lipinski definition) is 5. The predicted molar refractivity (Wildman–Crippen MR) is 117 cm³/mol. The van der Waals surface area contributed by atoms with Gasteiger partial charge in [0.15, 0.2) is 5.82 Å². The van der Waals surface area contributed by atoms with Gasteiger partial charge in [0.2, 0.25) is 5.78 Å². The monoisotopic (exact) mass is 382 g/mol. The fourth-order valence-electron chi connectivity index (χ4n) is 3.84. The SMILES string of the molecule is CC(C)N(c1cc(C(=O)c2ccccc2)nnc1N(C(C)C)C(C)C)C(C)C. The van der Waals surface area contributed by atoms with Gasteiger partial charge in [0.25, 0.3) is 0 Å². The van der Waals surface area contributed by atoms with Crippen LogP contribution in [-0.2, 0) is 0 Å². The van der Waals surface area contributed by atoms with E-state index in [1.54, 1.807) is 0 Å². The molecule has 5 heteroatoms. The van der Waals surface area contributed by atoms with Gasteiger partial charge < -0.3 is 9.80 Å². The normalized spacial score (nSPS) is 11.6. The summed E-state index contributed by atoms with van der Waals surface area (Å²) in [5, 5.41) is 8.90. The van der Waals surface area contributed by atoms with Crippen LogP contribution in [0.4, 0.5) is 11.5 Å². The van der Waals surface area contributed by atoms with E-state index < -0.39 is 0 Å². The number of rotatable bonds is 8. The molecule has 0 amide bonds. The molecule has 0 spiro atoms. The van der Waals surface area contributed by atoms with Gasteiger partial charge in [0, 0.05) is 29.7 Å². The van der Waals surface area contributed by atoms with Crippen molar-refractivity contribution in [2.45, 2.75) is 79.6 Å². The number of nitrogens with zero attached hydrogens (tertiary/aromatic N) is 4. The summed E-state index contributed by atoms with van der Waals surface area (Å²) in [6.07, 6.45) is 0. The second kappa shape index (κ2) is 9.18. The number of carbonyl (C=O) groups excluding carboxylic acids is 1. The molecule has 2 rings (SSSR count). The van der Waals surface area contributed by atoms with Gasteiger partial charge >= 0.3 is 0 Å². The van der Waals surface area contributed by atoms with E-state index in [9.17, 15) is 4.79 Å². The molecule has 152 valence electrons. The molecule has 0 radical (unpaired) electrons. The van der Waals surface area contributed by atoms with Crippen LogP contribution in [0.3, 0.4) is 0 Å². The molecular formula is C23H34N4O. The van der Waals surface area contributed by atoms with Gasteiger partial charge in [-0.1, -0.05) is 30.3 Å². The largest absolute Gasteiger partial charge is 0.364 e. The average molecular weight is 383 g/mol. The third kappa shape index (κ3) is 4.70. The maximum absolute atomic E-state index is 13.0. The smallest absolute Gasteiger partial charge is 0.213 e. The van der Waals surface area contributed by atoms with Crippen LogP contribution in [0.25, 0.3) is 0 Å². The van der Waals surface area contributed by atoms with Crippen LogP contribution in [0, 0.1) is 0 Å². The zero-order valence-corrected chi connectivity index (χ0v) is 18.5. The van der Waals surface area contributed by atoms with Crippen LogP contribution in [0.15, 0.2) is 36.4 Å². The zero-order valence-electron chi connectivity index (χ0n) is 18.5. The second-order valence-electron chi connectivity index (χ2n) is 8.32. The molecule has 0 saturated heterocycles. The highest BCUT2D eigenvalue weighted by Crippen LogP contribution is 2.33. The van der Waals surface area contributed by atoms with Crippen molar-refractivity contribution in [3.63, 3.8) is 0 Å². The summed E-state index contributed by atoms with van der Waals surface area (Å²) < 4.78 is 0. The van der Waals surface area contributed by atoms with E-state index in [4.69, 9.17) is 0 Å². The summed E-state index contributed by atoms with van der Waals surface area (Å²) in [6.45, 7) is 17.3. The molecule has 5 nitrogen and oxygen atoms in total. The highest BCUT2D eigenvalue weighted by Gasteiger charge is 2.27. The molecule has 0 bridgehead atoms. The summed E-state index contributed by atoms with van der Waals surface area (Å²) in [5.41, 5.74) is 1.96. The fourth-order valence-corrected chi connectivity index (χ4v) is 3.84. The van der Waals surface area contributed by atoms with Crippen molar-refractivity contribution in [1.29, 1.82) is 0 Å². The van der Waals surface area contributed by atoms with Crippen molar-refractivity contribution >= 4 is 17.3 Å². The van der Waals surface area contributed by atoms with Crippen LogP contribution < -0.4 is 9.80 Å². The zero-order chi connectivity index (χ0) is 21.0. The summed E-state index contributed by atoms with van der Waals surface area (Å²) in [6, 6.07) is 12.2. The van der Waals surface area contributed by atoms with Gasteiger partial charge in [-0.3, -0.25) is 4.79 Å². The minimum atomic E-state index is -0.103. The first-order chi connectivity index (χ1) is 13.1. The molecule has 2 aromatic rings. The first-order valence-corrected chi connectivity index (χ1v) is 10.2. The Bertz CT molecular complexity index is 768. The molecule has 1 aromatic heterocycles. The van der Waals surface area contributed by atoms with E-state index in [2.05, 4.69) is 75.4 Å². The Morgan fingerprint density at radius 1 is 0.750 bits per heavy atom. The summed E-state index contributed by atoms with van der Waals surface area (Å²) in [4.78, 5) is 17.5. The lowest BCUT2D eigenvalue weighted by molar-refractivity contribution is 0.103. The molecule has 0 unspecified atom stereocenters. The molecule has 0 aliphatic heterocycles. The Kier molecular flexibility index (Phi) is 7.17. The van der Waals surface area contributed by atoms with E-state index in [1.165, 1.54) is 0 Å². The standard InChI is InChI=1S/C23H34N4O/c1-15(2)26(16(3)4)21-14-20(22(28)19-12-10-9-11-13-19)24-25-23(21)27(17(5)6)18(7)8/h9-18H,1-8H3. The molecule has 0 aliphatic rings. The van der Waals surface area contributed by atoms with Crippen molar-refractivity contribution in [3.8, 4) is 0 Å². The second-order valence-corrected chi connectivity index (χ2v) is 8.32. The van der Waals surface area contributed by atoms with Gasteiger partial charge in [-0.15, -0.1) is 10.2 Å². The maximum Gasteiger partial charge on any atom is 0.213 e. The lowest BCUT2D eigenvalue weighted by Gasteiger charge is -2.39. The minimum absolute atomic E-state index is 0.103. The van der Waals surface area contributed by atoms with Crippen molar-refractivity contribution in [2.75, 3.05) is 9.80 Å². The number of aromatic nitrogens is 2. The molecule has 0 atom stereocenters. The molecule has 0 saturated carbocycles. The Hall–Kier alpha value is -2.43. The van der Waals surface area contributed by atoms with E-state index in [0.29, 0.717) is 11.3 Å². The van der Waals surface area contributed by atoms with Gasteiger partial charge in [-0.2, -0.15) is 0 Å². The average Bonchev–Trinajstić information content (AvgIpc) is 2.62. The molecule has 1 heterocycles. The van der Waals surface area contributed by atoms with Crippen molar-refractivity contribution in [1.82, 2.24) is 10.2 Å². The van der Waals surface area contributed by atoms with Crippen LogP contribution in [0.1, 0.15) is 71.4 Å². The van der Waals surface area contributed by atoms with Crippen molar-refractivity contribution in [3.05, 3.63) is 47.7 Å². The van der Waals surface area contributed by atoms with Crippen LogP contribution in [-0.4, -0.2) is 40.1 Å². The van der Waals surface area contributed by atoms with Gasteiger partial charge in [-0.25, -0.2) is 0 Å². The molecule has 28 heavy (non-hydrogen) atoms. The van der Waals surface area contributed by atoms with E-state index >= 15 is 0 Å². The maximum atomic E-state index is 13.0. The minimum Gasteiger partial charge on any atom is -0.364 e. The van der Waals surface area contributed by atoms with Gasteiger partial charge in [0.1, 0.15) is 5.69 Å². The van der Waals surface area contributed by atoms with Crippen LogP contribution >= 0.6 is 0 Å². The summed E-state index contributed by atoms with van der Waals surface area (Å²) in [7, 11) is 0. The summed E-state index contributed by atoms with van der Waals surface area (Å²) in [5.74, 6) is 0.728. The van der Waals surface area contributed by atoms with E-state index in [0.717, 1.165) is 11.5 Å². The third-order valence-electron chi connectivity index (χ3n) is 4.77. The molecule has 0 fully saturated rings. The van der Waals surface area contributed by atoms with E-state index in [-0.39, 0.29) is 30.0 Å². The van der Waals surface area contributed by atoms with Crippen LogP contribution in [0.2, 0.25) is 0 Å². The Balaban J connectivity index is 2.65. The number of anilines is 2. The highest BCUT2D eigenvalue weighted by atomic mass is 16.1. The molecule has 0 aliphatic carbocycles. The topological polar surface area (TPSA) is 49.3 Å². The van der Waals surface area contributed by atoms with Crippen molar-refractivity contribution < 1.29 is 4.79 Å². The first kappa shape index (κ1) is 21.9. The highest BCUT2D eigenvalue weighted by molar-refractivity contribution is 6.08. The Morgan fingerprint density at radius 3 is 1.71 bits per heavy atom. The molecular weight excluding hydrogens is 348 g/mol. The lowest BCUT2D eigenvalue weighted by atomic mass is 10.1. The fraction of sp³-hybridized carbons (Fsp3) is 0.522. The van der Waals surface area contributed by atoms with Gasteiger partial charge in [-0.05, 0) is 61.5 Å². The quantitative estimate of drug-likeness (QED) is 0.604.